The Kier molecular flexibility index (Phi) is 4.80. The lowest BCUT2D eigenvalue weighted by Crippen LogP contribution is -2.34. The molecule has 1 atom stereocenters. The largest absolute Gasteiger partial charge is 0.294 e. The number of amides is 2. The van der Waals surface area contributed by atoms with Crippen molar-refractivity contribution in [2.45, 2.75) is 25.6 Å². The Hall–Kier alpha value is -2.50. The zero-order valence-electron chi connectivity index (χ0n) is 12.6. The van der Waals surface area contributed by atoms with Crippen LogP contribution in [0.2, 0.25) is 0 Å². The lowest BCUT2D eigenvalue weighted by Gasteiger charge is -2.24. The third-order valence-corrected chi connectivity index (χ3v) is 3.61. The molecule has 0 spiro atoms. The summed E-state index contributed by atoms with van der Waals surface area (Å²) in [5.41, 5.74) is 2.15. The molecule has 0 bridgehead atoms. The number of hydroxylamine groups is 2. The molecule has 1 aliphatic heterocycles. The van der Waals surface area contributed by atoms with Crippen molar-refractivity contribution in [2.75, 3.05) is 0 Å². The summed E-state index contributed by atoms with van der Waals surface area (Å²) in [7, 11) is 0. The Morgan fingerprint density at radius 3 is 1.87 bits per heavy atom. The fraction of sp³-hybridized carbons (Fsp3) is 0.222. The molecular weight excluding hydrogens is 292 g/mol. The number of nitrogens with one attached hydrogen (secondary N) is 1. The van der Waals surface area contributed by atoms with E-state index in [0.717, 1.165) is 11.1 Å². The van der Waals surface area contributed by atoms with E-state index in [4.69, 9.17) is 4.84 Å². The van der Waals surface area contributed by atoms with Crippen molar-refractivity contribution >= 4 is 11.8 Å². The molecule has 2 amide bonds. The molecule has 5 heteroatoms. The monoisotopic (exact) mass is 310 g/mol. The molecule has 0 aromatic heterocycles. The number of carbonyl (C=O) groups is 2. The quantitative estimate of drug-likeness (QED) is 0.655. The average molecular weight is 310 g/mol. The molecular formula is C18H18N2O3. The first-order valence-corrected chi connectivity index (χ1v) is 7.54. The van der Waals surface area contributed by atoms with Crippen molar-refractivity contribution in [1.29, 1.82) is 0 Å². The summed E-state index contributed by atoms with van der Waals surface area (Å²) in [5, 5.41) is 4.00. The van der Waals surface area contributed by atoms with Crippen molar-refractivity contribution in [3.63, 3.8) is 0 Å². The van der Waals surface area contributed by atoms with Crippen LogP contribution in [-0.4, -0.2) is 23.0 Å². The van der Waals surface area contributed by atoms with Gasteiger partial charge in [-0.1, -0.05) is 60.7 Å². The Labute approximate surface area is 134 Å². The van der Waals surface area contributed by atoms with Gasteiger partial charge in [-0.2, -0.15) is 5.06 Å². The van der Waals surface area contributed by atoms with E-state index in [1.807, 2.05) is 60.7 Å². The van der Waals surface area contributed by atoms with Gasteiger partial charge < -0.3 is 0 Å². The fourth-order valence-corrected chi connectivity index (χ4v) is 2.50. The Morgan fingerprint density at radius 2 is 1.43 bits per heavy atom. The average Bonchev–Trinajstić information content (AvgIpc) is 2.87. The SMILES string of the molecule is O=C1CC(ON(Cc2ccccc2)Cc2ccccc2)C(=O)N1. The van der Waals surface area contributed by atoms with E-state index in [9.17, 15) is 9.59 Å². The molecule has 118 valence electrons. The van der Waals surface area contributed by atoms with Crippen LogP contribution in [0.1, 0.15) is 17.5 Å². The van der Waals surface area contributed by atoms with Crippen molar-refractivity contribution in [3.05, 3.63) is 71.8 Å². The van der Waals surface area contributed by atoms with E-state index in [1.54, 1.807) is 5.06 Å². The number of nitrogens with zero attached hydrogens (tertiary/aromatic N) is 1. The first-order chi connectivity index (χ1) is 11.2. The van der Waals surface area contributed by atoms with Crippen LogP contribution in [0.15, 0.2) is 60.7 Å². The first kappa shape index (κ1) is 15.4. The van der Waals surface area contributed by atoms with Crippen LogP contribution in [0, 0.1) is 0 Å². The van der Waals surface area contributed by atoms with Crippen LogP contribution in [-0.2, 0) is 27.5 Å². The van der Waals surface area contributed by atoms with Gasteiger partial charge in [-0.05, 0) is 11.1 Å². The van der Waals surface area contributed by atoms with Crippen molar-refractivity contribution < 1.29 is 14.4 Å². The van der Waals surface area contributed by atoms with Crippen LogP contribution < -0.4 is 5.32 Å². The molecule has 1 heterocycles. The maximum atomic E-state index is 11.7. The standard InChI is InChI=1S/C18H18N2O3/c21-17-11-16(18(22)19-17)23-20(12-14-7-3-1-4-8-14)13-15-9-5-2-6-10-15/h1-10,16H,11-13H2,(H,19,21,22). The molecule has 3 rings (SSSR count). The van der Waals surface area contributed by atoms with Gasteiger partial charge >= 0.3 is 0 Å². The molecule has 1 saturated heterocycles. The molecule has 1 fully saturated rings. The summed E-state index contributed by atoms with van der Waals surface area (Å²) < 4.78 is 0. The maximum absolute atomic E-state index is 11.7. The van der Waals surface area contributed by atoms with E-state index in [0.29, 0.717) is 13.1 Å². The predicted octanol–water partition coefficient (Wildman–Crippen LogP) is 2.04. The van der Waals surface area contributed by atoms with E-state index in [-0.39, 0.29) is 18.2 Å². The van der Waals surface area contributed by atoms with Gasteiger partial charge in [0.25, 0.3) is 5.91 Å². The van der Waals surface area contributed by atoms with Crippen molar-refractivity contribution in [1.82, 2.24) is 10.4 Å². The predicted molar refractivity (Wildman–Crippen MR) is 84.8 cm³/mol. The minimum absolute atomic E-state index is 0.0684. The highest BCUT2D eigenvalue weighted by molar-refractivity contribution is 6.04. The molecule has 1 aliphatic rings. The van der Waals surface area contributed by atoms with Gasteiger partial charge in [0.2, 0.25) is 5.91 Å². The lowest BCUT2D eigenvalue weighted by atomic mass is 10.2. The van der Waals surface area contributed by atoms with Gasteiger partial charge in [0.05, 0.1) is 6.42 Å². The molecule has 0 radical (unpaired) electrons. The van der Waals surface area contributed by atoms with Crippen molar-refractivity contribution in [2.24, 2.45) is 0 Å². The highest BCUT2D eigenvalue weighted by Gasteiger charge is 2.33. The van der Waals surface area contributed by atoms with Crippen LogP contribution >= 0.6 is 0 Å². The topological polar surface area (TPSA) is 58.6 Å². The number of hydrogen-bond acceptors (Lipinski definition) is 4. The minimum atomic E-state index is -0.755. The second-order valence-electron chi connectivity index (χ2n) is 5.48. The molecule has 1 N–H and O–H groups in total. The molecule has 2 aromatic rings. The highest BCUT2D eigenvalue weighted by Crippen LogP contribution is 2.15. The minimum Gasteiger partial charge on any atom is -0.294 e. The highest BCUT2D eigenvalue weighted by atomic mass is 16.7. The molecule has 0 saturated carbocycles. The molecule has 23 heavy (non-hydrogen) atoms. The smallest absolute Gasteiger partial charge is 0.258 e. The van der Waals surface area contributed by atoms with E-state index in [1.165, 1.54) is 0 Å². The van der Waals surface area contributed by atoms with Gasteiger partial charge in [-0.25, -0.2) is 0 Å². The maximum Gasteiger partial charge on any atom is 0.258 e. The summed E-state index contributed by atoms with van der Waals surface area (Å²) in [5.74, 6) is -0.666. The summed E-state index contributed by atoms with van der Waals surface area (Å²) in [4.78, 5) is 28.9. The first-order valence-electron chi connectivity index (χ1n) is 7.54. The van der Waals surface area contributed by atoms with E-state index in [2.05, 4.69) is 5.32 Å². The third-order valence-electron chi connectivity index (χ3n) is 3.61. The van der Waals surface area contributed by atoms with Crippen LogP contribution in [0.3, 0.4) is 0 Å². The normalized spacial score (nSPS) is 17.5. The number of hydrogen-bond donors (Lipinski definition) is 1. The summed E-state index contributed by atoms with van der Waals surface area (Å²) in [6.45, 7) is 1.07. The van der Waals surface area contributed by atoms with Gasteiger partial charge in [0.15, 0.2) is 6.10 Å². The Morgan fingerprint density at radius 1 is 0.913 bits per heavy atom. The number of rotatable bonds is 6. The van der Waals surface area contributed by atoms with E-state index < -0.39 is 6.10 Å². The Bertz CT molecular complexity index is 632. The van der Waals surface area contributed by atoms with Gasteiger partial charge in [0.1, 0.15) is 0 Å². The third kappa shape index (κ3) is 4.25. The summed E-state index contributed by atoms with van der Waals surface area (Å²) >= 11 is 0. The van der Waals surface area contributed by atoms with Crippen LogP contribution in [0.25, 0.3) is 0 Å². The number of benzene rings is 2. The zero-order chi connectivity index (χ0) is 16.1. The van der Waals surface area contributed by atoms with Crippen LogP contribution in [0.5, 0.6) is 0 Å². The summed E-state index contributed by atoms with van der Waals surface area (Å²) in [6.07, 6.45) is -0.686. The summed E-state index contributed by atoms with van der Waals surface area (Å²) in [6, 6.07) is 19.8. The van der Waals surface area contributed by atoms with E-state index >= 15 is 0 Å². The van der Waals surface area contributed by atoms with Crippen molar-refractivity contribution in [3.8, 4) is 0 Å². The second-order valence-corrected chi connectivity index (χ2v) is 5.48. The zero-order valence-corrected chi connectivity index (χ0v) is 12.6. The lowest BCUT2D eigenvalue weighted by molar-refractivity contribution is -0.208. The second kappa shape index (κ2) is 7.17. The van der Waals surface area contributed by atoms with Crippen LogP contribution in [0.4, 0.5) is 0 Å². The van der Waals surface area contributed by atoms with Gasteiger partial charge in [-0.15, -0.1) is 0 Å². The van der Waals surface area contributed by atoms with Gasteiger partial charge in [0, 0.05) is 13.1 Å². The number of carbonyl (C=O) groups excluding carboxylic acids is 2. The molecule has 2 aromatic carbocycles. The molecule has 5 nitrogen and oxygen atoms in total. The number of imide groups is 1. The molecule has 0 aliphatic carbocycles. The van der Waals surface area contributed by atoms with Gasteiger partial charge in [-0.3, -0.25) is 19.7 Å². The molecule has 1 unspecified atom stereocenters. The fourth-order valence-electron chi connectivity index (χ4n) is 2.50. The Balaban J connectivity index is 1.72.